The Balaban J connectivity index is 1.26. The number of imidazole rings is 1. The minimum atomic E-state index is 0.747. The minimum absolute atomic E-state index is 0.747. The highest BCUT2D eigenvalue weighted by Gasteiger charge is 2.18. The molecule has 0 radical (unpaired) electrons. The fourth-order valence-corrected chi connectivity index (χ4v) is 3.92. The lowest BCUT2D eigenvalue weighted by Crippen LogP contribution is -2.11. The number of benzene rings is 1. The van der Waals surface area contributed by atoms with Gasteiger partial charge in [-0.2, -0.15) is 5.10 Å². The second-order valence-electron chi connectivity index (χ2n) is 8.03. The zero-order valence-electron chi connectivity index (χ0n) is 16.7. The third kappa shape index (κ3) is 3.88. The summed E-state index contributed by atoms with van der Waals surface area (Å²) in [4.78, 5) is 12.7. The number of hydrogen-bond acceptors (Lipinski definition) is 4. The summed E-state index contributed by atoms with van der Waals surface area (Å²) in [5.41, 5.74) is 6.36. The van der Waals surface area contributed by atoms with E-state index in [0.717, 1.165) is 47.1 Å². The minimum Gasteiger partial charge on any atom is -0.379 e. The molecule has 6 heteroatoms. The van der Waals surface area contributed by atoms with Crippen molar-refractivity contribution in [2.75, 3.05) is 5.32 Å². The van der Waals surface area contributed by atoms with E-state index >= 15 is 0 Å². The molecule has 5 rings (SSSR count). The summed E-state index contributed by atoms with van der Waals surface area (Å²) >= 11 is 0. The number of aromatic nitrogens is 5. The number of aromatic amines is 1. The van der Waals surface area contributed by atoms with E-state index in [2.05, 4.69) is 44.6 Å². The normalized spacial score (nSPS) is 14.2. The molecule has 148 valence electrons. The average Bonchev–Trinajstić information content (AvgIpc) is 3.32. The number of nitrogens with one attached hydrogen (secondary N) is 2. The van der Waals surface area contributed by atoms with Crippen LogP contribution in [0.4, 0.5) is 5.69 Å². The molecule has 1 aromatic carbocycles. The van der Waals surface area contributed by atoms with E-state index in [-0.39, 0.29) is 0 Å². The summed E-state index contributed by atoms with van der Waals surface area (Å²) in [5, 5.41) is 7.77. The second-order valence-corrected chi connectivity index (χ2v) is 8.03. The molecular weight excluding hydrogens is 360 g/mol. The smallest absolute Gasteiger partial charge is 0.159 e. The van der Waals surface area contributed by atoms with Gasteiger partial charge in [0.2, 0.25) is 0 Å². The van der Waals surface area contributed by atoms with Crippen molar-refractivity contribution in [3.8, 4) is 11.1 Å². The number of fused-ring (bicyclic) bond motifs is 1. The highest BCUT2D eigenvalue weighted by atomic mass is 15.2. The first-order valence-corrected chi connectivity index (χ1v) is 10.4. The molecule has 0 bridgehead atoms. The molecule has 0 saturated heterocycles. The van der Waals surface area contributed by atoms with Gasteiger partial charge in [0.05, 0.1) is 11.9 Å². The maximum absolute atomic E-state index is 4.82. The number of aryl methyl sites for hydroxylation is 2. The van der Waals surface area contributed by atoms with Crippen molar-refractivity contribution in [1.82, 2.24) is 24.7 Å². The van der Waals surface area contributed by atoms with Crippen LogP contribution in [0.25, 0.3) is 22.3 Å². The van der Waals surface area contributed by atoms with Crippen LogP contribution in [-0.4, -0.2) is 24.7 Å². The fourth-order valence-electron chi connectivity index (χ4n) is 3.92. The van der Waals surface area contributed by atoms with E-state index in [1.165, 1.54) is 36.8 Å². The van der Waals surface area contributed by atoms with Gasteiger partial charge in [0, 0.05) is 38.0 Å². The monoisotopic (exact) mass is 386 g/mol. The number of anilines is 1. The van der Waals surface area contributed by atoms with Crippen LogP contribution in [0.1, 0.15) is 37.1 Å². The third-order valence-electron chi connectivity index (χ3n) is 5.92. The molecule has 29 heavy (non-hydrogen) atoms. The lowest BCUT2D eigenvalue weighted by molar-refractivity contribution is 0.295. The number of pyridine rings is 1. The van der Waals surface area contributed by atoms with Gasteiger partial charge in [-0.3, -0.25) is 4.68 Å². The van der Waals surface area contributed by atoms with Gasteiger partial charge in [0.25, 0.3) is 0 Å². The van der Waals surface area contributed by atoms with Crippen LogP contribution in [0.2, 0.25) is 0 Å². The zero-order valence-corrected chi connectivity index (χ0v) is 16.7. The Bertz CT molecular complexity index is 1100. The van der Waals surface area contributed by atoms with Crippen molar-refractivity contribution in [3.05, 3.63) is 60.3 Å². The molecule has 3 heterocycles. The van der Waals surface area contributed by atoms with Crippen molar-refractivity contribution in [2.24, 2.45) is 13.0 Å². The summed E-state index contributed by atoms with van der Waals surface area (Å²) in [6.07, 6.45) is 12.1. The van der Waals surface area contributed by atoms with Crippen LogP contribution in [-0.2, 0) is 20.0 Å². The number of rotatable bonds is 7. The van der Waals surface area contributed by atoms with Gasteiger partial charge in [-0.05, 0) is 29.5 Å². The van der Waals surface area contributed by atoms with Crippen LogP contribution >= 0.6 is 0 Å². The zero-order chi connectivity index (χ0) is 19.6. The van der Waals surface area contributed by atoms with Gasteiger partial charge in [0.15, 0.2) is 5.65 Å². The van der Waals surface area contributed by atoms with Crippen LogP contribution in [0.15, 0.2) is 48.9 Å². The Morgan fingerprint density at radius 3 is 2.72 bits per heavy atom. The van der Waals surface area contributed by atoms with Crippen LogP contribution in [0, 0.1) is 5.92 Å². The second kappa shape index (κ2) is 7.70. The van der Waals surface area contributed by atoms with Gasteiger partial charge in [-0.15, -0.1) is 0 Å². The topological polar surface area (TPSA) is 71.4 Å². The Morgan fingerprint density at radius 1 is 1.14 bits per heavy atom. The highest BCUT2D eigenvalue weighted by Crippen LogP contribution is 2.30. The van der Waals surface area contributed by atoms with Crippen LogP contribution in [0.5, 0.6) is 0 Å². The van der Waals surface area contributed by atoms with E-state index in [1.54, 1.807) is 0 Å². The van der Waals surface area contributed by atoms with Gasteiger partial charge in [-0.25, -0.2) is 9.97 Å². The molecule has 0 aliphatic heterocycles. The Morgan fingerprint density at radius 2 is 2.00 bits per heavy atom. The van der Waals surface area contributed by atoms with E-state index in [9.17, 15) is 0 Å². The first-order chi connectivity index (χ1) is 14.2. The molecular formula is C23H26N6. The molecule has 0 unspecified atom stereocenters. The fraction of sp³-hybridized carbons (Fsp3) is 0.348. The van der Waals surface area contributed by atoms with Crippen molar-refractivity contribution in [3.63, 3.8) is 0 Å². The lowest BCUT2D eigenvalue weighted by atomic mass is 9.82. The highest BCUT2D eigenvalue weighted by molar-refractivity contribution is 5.85. The van der Waals surface area contributed by atoms with E-state index in [0.29, 0.717) is 0 Å². The molecule has 3 aromatic heterocycles. The SMILES string of the molecule is Cn1cc(-c2ccc(CNc3ccnc4[nH]c(CCC5CCC5)nc34)cc2)cn1. The summed E-state index contributed by atoms with van der Waals surface area (Å²) in [6, 6.07) is 10.6. The number of hydrogen-bond donors (Lipinski definition) is 2. The van der Waals surface area contributed by atoms with Crippen molar-refractivity contribution in [2.45, 2.75) is 38.6 Å². The predicted molar refractivity (Wildman–Crippen MR) is 116 cm³/mol. The van der Waals surface area contributed by atoms with Crippen LogP contribution in [0.3, 0.4) is 0 Å². The maximum atomic E-state index is 4.82. The van der Waals surface area contributed by atoms with Crippen molar-refractivity contribution in [1.29, 1.82) is 0 Å². The van der Waals surface area contributed by atoms with Gasteiger partial charge in [-0.1, -0.05) is 43.5 Å². The Labute approximate surface area is 170 Å². The largest absolute Gasteiger partial charge is 0.379 e. The molecule has 2 N–H and O–H groups in total. The van der Waals surface area contributed by atoms with Gasteiger partial charge >= 0.3 is 0 Å². The number of nitrogens with zero attached hydrogens (tertiary/aromatic N) is 4. The molecule has 1 fully saturated rings. The van der Waals surface area contributed by atoms with E-state index in [4.69, 9.17) is 4.98 Å². The van der Waals surface area contributed by atoms with Crippen molar-refractivity contribution < 1.29 is 0 Å². The summed E-state index contributed by atoms with van der Waals surface area (Å²) in [6.45, 7) is 0.747. The molecule has 4 aromatic rings. The summed E-state index contributed by atoms with van der Waals surface area (Å²) in [5.74, 6) is 1.94. The molecule has 0 spiro atoms. The Kier molecular flexibility index (Phi) is 4.76. The van der Waals surface area contributed by atoms with Crippen LogP contribution < -0.4 is 5.32 Å². The van der Waals surface area contributed by atoms with E-state index in [1.807, 2.05) is 36.4 Å². The quantitative estimate of drug-likeness (QED) is 0.483. The van der Waals surface area contributed by atoms with Crippen molar-refractivity contribution >= 4 is 16.9 Å². The Hall–Kier alpha value is -3.15. The molecule has 1 aliphatic carbocycles. The molecule has 1 saturated carbocycles. The first kappa shape index (κ1) is 17.9. The first-order valence-electron chi connectivity index (χ1n) is 10.4. The molecule has 0 atom stereocenters. The summed E-state index contributed by atoms with van der Waals surface area (Å²) < 4.78 is 1.82. The standard InChI is InChI=1S/C23H26N6/c1-29-15-19(14-26-29)18-8-5-17(6-9-18)13-25-20-11-12-24-23-22(20)27-21(28-23)10-7-16-3-2-4-16/h5-6,8-9,11-12,14-16H,2-4,7,10,13H2,1H3,(H2,24,25,27,28). The van der Waals surface area contributed by atoms with Gasteiger partial charge < -0.3 is 10.3 Å². The predicted octanol–water partition coefficient (Wildman–Crippen LogP) is 4.70. The number of H-pyrrole nitrogens is 1. The van der Waals surface area contributed by atoms with E-state index < -0.39 is 0 Å². The maximum Gasteiger partial charge on any atom is 0.159 e. The molecule has 6 nitrogen and oxygen atoms in total. The average molecular weight is 387 g/mol. The lowest BCUT2D eigenvalue weighted by Gasteiger charge is -2.24. The van der Waals surface area contributed by atoms with Gasteiger partial charge in [0.1, 0.15) is 11.3 Å². The molecule has 0 amide bonds. The molecule has 1 aliphatic rings. The summed E-state index contributed by atoms with van der Waals surface area (Å²) in [7, 11) is 1.94. The third-order valence-corrected chi connectivity index (χ3v) is 5.92.